The number of nitrogens with one attached hydrogen (secondary N) is 1. The molecule has 1 aromatic carbocycles. The normalized spacial score (nSPS) is 14.2. The molecule has 2 N–H and O–H groups in total. The lowest BCUT2D eigenvalue weighted by molar-refractivity contribution is 0.0847. The van der Waals surface area contributed by atoms with Crippen molar-refractivity contribution in [2.45, 2.75) is 32.7 Å². The monoisotopic (exact) mass is 299 g/mol. The topological polar surface area (TPSA) is 49.3 Å². The summed E-state index contributed by atoms with van der Waals surface area (Å²) in [5.41, 5.74) is 1.12. The Morgan fingerprint density at radius 2 is 2.18 bits per heavy atom. The molecule has 94 valence electrons. The van der Waals surface area contributed by atoms with Crippen LogP contribution in [0.2, 0.25) is 0 Å². The number of hydrogen-bond acceptors (Lipinski definition) is 2. The standard InChI is InChI=1S/C13H18BrNO2/c1-4-13(3,8-16)15-12(17)10-6-5-9(2)11(14)7-10/h5-7,16H,4,8H2,1-3H3,(H,15,17). The van der Waals surface area contributed by atoms with E-state index in [1.165, 1.54) is 0 Å². The number of hydrogen-bond donors (Lipinski definition) is 2. The zero-order valence-electron chi connectivity index (χ0n) is 10.4. The predicted molar refractivity (Wildman–Crippen MR) is 72.1 cm³/mol. The third-order valence-electron chi connectivity index (χ3n) is 2.98. The maximum Gasteiger partial charge on any atom is 0.251 e. The zero-order valence-corrected chi connectivity index (χ0v) is 12.0. The Bertz CT molecular complexity index is 414. The summed E-state index contributed by atoms with van der Waals surface area (Å²) < 4.78 is 0.910. The van der Waals surface area contributed by atoms with E-state index in [2.05, 4.69) is 21.2 Å². The van der Waals surface area contributed by atoms with Gasteiger partial charge < -0.3 is 10.4 Å². The zero-order chi connectivity index (χ0) is 13.1. The van der Waals surface area contributed by atoms with Gasteiger partial charge in [0, 0.05) is 10.0 Å². The third kappa shape index (κ3) is 3.54. The molecule has 0 fully saturated rings. The van der Waals surface area contributed by atoms with E-state index >= 15 is 0 Å². The molecule has 1 atom stereocenters. The lowest BCUT2D eigenvalue weighted by Crippen LogP contribution is -2.48. The first-order valence-electron chi connectivity index (χ1n) is 5.61. The van der Waals surface area contributed by atoms with Gasteiger partial charge in [-0.2, -0.15) is 0 Å². The van der Waals surface area contributed by atoms with Gasteiger partial charge in [0.25, 0.3) is 5.91 Å². The first kappa shape index (κ1) is 14.2. The smallest absolute Gasteiger partial charge is 0.251 e. The molecule has 0 aromatic heterocycles. The molecule has 0 radical (unpaired) electrons. The number of halogens is 1. The van der Waals surface area contributed by atoms with Crippen LogP contribution in [0.15, 0.2) is 22.7 Å². The van der Waals surface area contributed by atoms with Crippen LogP contribution < -0.4 is 5.32 Å². The number of rotatable bonds is 4. The number of carbonyl (C=O) groups excluding carboxylic acids is 1. The highest BCUT2D eigenvalue weighted by atomic mass is 79.9. The van der Waals surface area contributed by atoms with Crippen LogP contribution in [0.25, 0.3) is 0 Å². The van der Waals surface area contributed by atoms with Gasteiger partial charge in [-0.25, -0.2) is 0 Å². The van der Waals surface area contributed by atoms with Crippen molar-refractivity contribution in [3.8, 4) is 0 Å². The van der Waals surface area contributed by atoms with Gasteiger partial charge in [-0.3, -0.25) is 4.79 Å². The molecule has 0 spiro atoms. The highest BCUT2D eigenvalue weighted by Crippen LogP contribution is 2.18. The fourth-order valence-electron chi connectivity index (χ4n) is 1.32. The first-order valence-corrected chi connectivity index (χ1v) is 6.40. The average Bonchev–Trinajstić information content (AvgIpc) is 2.32. The van der Waals surface area contributed by atoms with Crippen molar-refractivity contribution < 1.29 is 9.90 Å². The van der Waals surface area contributed by atoms with Crippen LogP contribution in [0.5, 0.6) is 0 Å². The van der Waals surface area contributed by atoms with Crippen molar-refractivity contribution >= 4 is 21.8 Å². The van der Waals surface area contributed by atoms with E-state index in [0.717, 1.165) is 10.0 Å². The lowest BCUT2D eigenvalue weighted by Gasteiger charge is -2.27. The maximum absolute atomic E-state index is 12.0. The summed E-state index contributed by atoms with van der Waals surface area (Å²) in [6.07, 6.45) is 0.683. The predicted octanol–water partition coefficient (Wildman–Crippen LogP) is 2.65. The van der Waals surface area contributed by atoms with Gasteiger partial charge in [0.15, 0.2) is 0 Å². The number of benzene rings is 1. The first-order chi connectivity index (χ1) is 7.91. The van der Waals surface area contributed by atoms with E-state index < -0.39 is 5.54 Å². The molecule has 0 saturated heterocycles. The minimum Gasteiger partial charge on any atom is -0.394 e. The highest BCUT2D eigenvalue weighted by Gasteiger charge is 2.23. The Kier molecular flexibility index (Phi) is 4.71. The van der Waals surface area contributed by atoms with Crippen molar-refractivity contribution in [2.75, 3.05) is 6.61 Å². The summed E-state index contributed by atoms with van der Waals surface area (Å²) >= 11 is 3.40. The Morgan fingerprint density at radius 1 is 1.53 bits per heavy atom. The second-order valence-electron chi connectivity index (χ2n) is 4.49. The van der Waals surface area contributed by atoms with Crippen molar-refractivity contribution in [3.05, 3.63) is 33.8 Å². The number of carbonyl (C=O) groups is 1. The van der Waals surface area contributed by atoms with Crippen LogP contribution in [-0.4, -0.2) is 23.2 Å². The summed E-state index contributed by atoms with van der Waals surface area (Å²) in [5, 5.41) is 12.1. The lowest BCUT2D eigenvalue weighted by atomic mass is 9.99. The molecule has 0 bridgehead atoms. The molecule has 0 aliphatic heterocycles. The minimum absolute atomic E-state index is 0.0672. The fraction of sp³-hybridized carbons (Fsp3) is 0.462. The molecule has 1 aromatic rings. The van der Waals surface area contributed by atoms with Gasteiger partial charge in [0.1, 0.15) is 0 Å². The van der Waals surface area contributed by atoms with Crippen molar-refractivity contribution in [2.24, 2.45) is 0 Å². The molecule has 3 nitrogen and oxygen atoms in total. The minimum atomic E-state index is -0.561. The van der Waals surface area contributed by atoms with E-state index in [1.807, 2.05) is 26.8 Å². The van der Waals surface area contributed by atoms with E-state index in [4.69, 9.17) is 0 Å². The van der Waals surface area contributed by atoms with E-state index in [9.17, 15) is 9.90 Å². The number of aliphatic hydroxyl groups excluding tert-OH is 1. The van der Waals surface area contributed by atoms with Crippen molar-refractivity contribution in [1.29, 1.82) is 0 Å². The maximum atomic E-state index is 12.0. The SMILES string of the molecule is CCC(C)(CO)NC(=O)c1ccc(C)c(Br)c1. The molecule has 1 rings (SSSR count). The molecule has 0 aliphatic rings. The summed E-state index contributed by atoms with van der Waals surface area (Å²) in [7, 11) is 0. The summed E-state index contributed by atoms with van der Waals surface area (Å²) in [6.45, 7) is 5.66. The molecule has 17 heavy (non-hydrogen) atoms. The van der Waals surface area contributed by atoms with Crippen molar-refractivity contribution in [3.63, 3.8) is 0 Å². The molecule has 4 heteroatoms. The number of aliphatic hydroxyl groups is 1. The van der Waals surface area contributed by atoms with Crippen molar-refractivity contribution in [1.82, 2.24) is 5.32 Å². The molecular weight excluding hydrogens is 282 g/mol. The Morgan fingerprint density at radius 3 is 2.65 bits per heavy atom. The highest BCUT2D eigenvalue weighted by molar-refractivity contribution is 9.10. The summed E-state index contributed by atoms with van der Waals surface area (Å²) in [4.78, 5) is 12.0. The fourth-order valence-corrected chi connectivity index (χ4v) is 1.70. The quantitative estimate of drug-likeness (QED) is 0.898. The van der Waals surface area contributed by atoms with Gasteiger partial charge in [-0.05, 0) is 38.0 Å². The molecule has 0 heterocycles. The summed E-state index contributed by atoms with van der Waals surface area (Å²) in [6, 6.07) is 5.46. The van der Waals surface area contributed by atoms with Gasteiger partial charge in [0.05, 0.1) is 12.1 Å². The molecule has 0 aliphatic carbocycles. The van der Waals surface area contributed by atoms with Gasteiger partial charge >= 0.3 is 0 Å². The molecule has 0 saturated carbocycles. The summed E-state index contributed by atoms with van der Waals surface area (Å²) in [5.74, 6) is -0.163. The van der Waals surface area contributed by atoms with Crippen LogP contribution >= 0.6 is 15.9 Å². The van der Waals surface area contributed by atoms with E-state index in [0.29, 0.717) is 12.0 Å². The van der Waals surface area contributed by atoms with Gasteiger partial charge in [-0.1, -0.05) is 28.9 Å². The van der Waals surface area contributed by atoms with Crippen LogP contribution in [0.4, 0.5) is 0 Å². The number of aryl methyl sites for hydroxylation is 1. The second kappa shape index (κ2) is 5.65. The van der Waals surface area contributed by atoms with Gasteiger partial charge in [-0.15, -0.1) is 0 Å². The third-order valence-corrected chi connectivity index (χ3v) is 3.83. The largest absolute Gasteiger partial charge is 0.394 e. The Labute approximate surface area is 110 Å². The van der Waals surface area contributed by atoms with E-state index in [-0.39, 0.29) is 12.5 Å². The van der Waals surface area contributed by atoms with Crippen LogP contribution in [0, 0.1) is 6.92 Å². The molecular formula is C13H18BrNO2. The Hall–Kier alpha value is -0.870. The average molecular weight is 300 g/mol. The second-order valence-corrected chi connectivity index (χ2v) is 5.34. The van der Waals surface area contributed by atoms with Crippen LogP contribution in [0.3, 0.4) is 0 Å². The number of amides is 1. The van der Waals surface area contributed by atoms with Crippen LogP contribution in [0.1, 0.15) is 36.2 Å². The Balaban J connectivity index is 2.86. The molecule has 1 amide bonds. The van der Waals surface area contributed by atoms with Gasteiger partial charge in [0.2, 0.25) is 0 Å². The van der Waals surface area contributed by atoms with E-state index in [1.54, 1.807) is 12.1 Å². The molecule has 1 unspecified atom stereocenters. The van der Waals surface area contributed by atoms with Crippen LogP contribution in [-0.2, 0) is 0 Å².